The molecule has 41 heavy (non-hydrogen) atoms. The quantitative estimate of drug-likeness (QED) is 0.111. The summed E-state index contributed by atoms with van der Waals surface area (Å²) in [5.41, 5.74) is 0. The van der Waals surface area contributed by atoms with Crippen LogP contribution in [0.4, 0.5) is 0 Å². The molecule has 3 saturated heterocycles. The number of amides is 2. The minimum atomic E-state index is -2.57. The summed E-state index contributed by atoms with van der Waals surface area (Å²) in [5.74, 6) is -5.85. The Morgan fingerprint density at radius 1 is 0.805 bits per heavy atom. The Balaban J connectivity index is 2.09. The van der Waals surface area contributed by atoms with Crippen molar-refractivity contribution in [1.29, 1.82) is 0 Å². The highest BCUT2D eigenvalue weighted by Crippen LogP contribution is 2.38. The molecule has 3 rings (SSSR count). The number of hydrogen-bond acceptors (Lipinski definition) is 16. The molecule has 2 amide bonds. The van der Waals surface area contributed by atoms with Gasteiger partial charge in [0.15, 0.2) is 18.7 Å². The third kappa shape index (κ3) is 6.77. The van der Waals surface area contributed by atoms with Crippen molar-refractivity contribution in [3.63, 3.8) is 0 Å². The van der Waals surface area contributed by atoms with Crippen LogP contribution in [0.25, 0.3) is 0 Å². The summed E-state index contributed by atoms with van der Waals surface area (Å²) in [6, 6.07) is -3.28. The number of hydrogen-bond donors (Lipinski definition) is 11. The van der Waals surface area contributed by atoms with Gasteiger partial charge in [-0.3, -0.25) is 9.59 Å². The number of carbonyl (C=O) groups is 3. The maximum Gasteiger partial charge on any atom is 0.335 e. The van der Waals surface area contributed by atoms with Crippen molar-refractivity contribution in [3.05, 3.63) is 0 Å². The molecule has 3 aliphatic heterocycles. The van der Waals surface area contributed by atoms with Crippen LogP contribution in [0.1, 0.15) is 13.8 Å². The van der Waals surface area contributed by atoms with Crippen LogP contribution in [0.5, 0.6) is 0 Å². The van der Waals surface area contributed by atoms with Crippen LogP contribution in [0, 0.1) is 0 Å². The Morgan fingerprint density at radius 3 is 1.88 bits per heavy atom. The fraction of sp³-hybridized carbons (Fsp3) is 0.864. The van der Waals surface area contributed by atoms with Crippen LogP contribution in [0.15, 0.2) is 0 Å². The second-order valence-corrected chi connectivity index (χ2v) is 9.87. The molecule has 19 heteroatoms. The lowest BCUT2D eigenvalue weighted by Gasteiger charge is -2.49. The van der Waals surface area contributed by atoms with Gasteiger partial charge in [0, 0.05) is 13.8 Å². The zero-order valence-electron chi connectivity index (χ0n) is 21.9. The average Bonchev–Trinajstić information content (AvgIpc) is 3.15. The zero-order valence-corrected chi connectivity index (χ0v) is 21.9. The highest BCUT2D eigenvalue weighted by atomic mass is 16.8. The third-order valence-electron chi connectivity index (χ3n) is 6.97. The van der Waals surface area contributed by atoms with E-state index in [2.05, 4.69) is 10.6 Å². The fourth-order valence-electron chi connectivity index (χ4n) is 4.97. The van der Waals surface area contributed by atoms with Crippen molar-refractivity contribution in [2.45, 2.75) is 99.2 Å². The van der Waals surface area contributed by atoms with Gasteiger partial charge < -0.3 is 80.3 Å². The summed E-state index contributed by atoms with van der Waals surface area (Å²) < 4.78 is 27.7. The molecule has 3 heterocycles. The van der Waals surface area contributed by atoms with Crippen molar-refractivity contribution < 1.29 is 84.0 Å². The van der Waals surface area contributed by atoms with E-state index in [-0.39, 0.29) is 0 Å². The molecule has 0 aliphatic carbocycles. The van der Waals surface area contributed by atoms with Crippen LogP contribution in [0.2, 0.25) is 0 Å². The van der Waals surface area contributed by atoms with Gasteiger partial charge in [0.1, 0.15) is 67.5 Å². The first-order valence-corrected chi connectivity index (χ1v) is 12.5. The number of ether oxygens (including phenoxy) is 5. The van der Waals surface area contributed by atoms with Crippen LogP contribution < -0.4 is 10.6 Å². The predicted molar refractivity (Wildman–Crippen MR) is 125 cm³/mol. The number of aliphatic hydroxyl groups excluding tert-OH is 8. The third-order valence-corrected chi connectivity index (χ3v) is 6.97. The van der Waals surface area contributed by atoms with Gasteiger partial charge in [-0.2, -0.15) is 0 Å². The van der Waals surface area contributed by atoms with E-state index in [9.17, 15) is 60.3 Å². The Labute approximate surface area is 232 Å². The highest BCUT2D eigenvalue weighted by molar-refractivity contribution is 5.75. The first-order valence-electron chi connectivity index (χ1n) is 12.5. The molecule has 0 unspecified atom stereocenters. The van der Waals surface area contributed by atoms with E-state index in [0.29, 0.717) is 0 Å². The summed E-state index contributed by atoms with van der Waals surface area (Å²) >= 11 is 0. The van der Waals surface area contributed by atoms with Crippen molar-refractivity contribution >= 4 is 17.8 Å². The van der Waals surface area contributed by atoms with Gasteiger partial charge in [-0.1, -0.05) is 0 Å². The fourth-order valence-corrected chi connectivity index (χ4v) is 4.97. The molecule has 19 nitrogen and oxygen atoms in total. The van der Waals surface area contributed by atoms with Crippen LogP contribution in [-0.2, 0) is 38.1 Å². The van der Waals surface area contributed by atoms with Gasteiger partial charge in [0.05, 0.1) is 13.2 Å². The standard InChI is InChI=1S/C22H36N2O17/c1-6(28)23-10-14(32)12(30)8(3-25)37-21(10)39-16-15(11(24-7(2)29)20(36)38-17(16)19(34)35)41-22(5-27)18(33)13(31)9(4-26)40-22/h8-18,20-21,25-27,30-33,36H,3-5H2,1-2H3,(H,23,28)(H,24,29)(H,34,35)/t8-,9-,10-,11+,12-,13-,14-,15-,16+,17+,18+,20-,21+,22+/m1/s1. The van der Waals surface area contributed by atoms with Crippen molar-refractivity contribution in [2.24, 2.45) is 0 Å². The SMILES string of the molecule is CC(=O)N[C@H]1[C@H](O[C@H]2[C@H](O[C@]3(CO)O[C@H](CO)[C@@H](O)[C@@H]3O)[C@H](NC(C)=O)[C@H](O)O[C@@H]2C(=O)O)O[C@H](CO)[C@@H](O)[C@@H]1O. The van der Waals surface area contributed by atoms with E-state index in [1.807, 2.05) is 0 Å². The zero-order chi connectivity index (χ0) is 30.8. The molecule has 11 N–H and O–H groups in total. The molecular weight excluding hydrogens is 564 g/mol. The minimum Gasteiger partial charge on any atom is -0.479 e. The van der Waals surface area contributed by atoms with E-state index >= 15 is 0 Å². The molecule has 0 radical (unpaired) electrons. The molecule has 0 spiro atoms. The molecule has 0 saturated carbocycles. The molecule has 3 fully saturated rings. The monoisotopic (exact) mass is 600 g/mol. The van der Waals surface area contributed by atoms with Crippen LogP contribution in [-0.4, -0.2) is 169 Å². The Hall–Kier alpha value is -2.11. The number of nitrogens with one attached hydrogen (secondary N) is 2. The Kier molecular flexibility index (Phi) is 11.0. The number of aliphatic carboxylic acids is 1. The van der Waals surface area contributed by atoms with Gasteiger partial charge in [0.2, 0.25) is 17.6 Å². The largest absolute Gasteiger partial charge is 0.479 e. The lowest BCUT2D eigenvalue weighted by Crippen LogP contribution is -2.71. The maximum absolute atomic E-state index is 12.2. The van der Waals surface area contributed by atoms with E-state index in [4.69, 9.17) is 23.7 Å². The first-order chi connectivity index (χ1) is 19.2. The van der Waals surface area contributed by atoms with Gasteiger partial charge >= 0.3 is 5.97 Å². The summed E-state index contributed by atoms with van der Waals surface area (Å²) in [6.07, 6.45) is -20.4. The Bertz CT molecular complexity index is 942. The Morgan fingerprint density at radius 2 is 1.39 bits per heavy atom. The minimum absolute atomic E-state index is 0.735. The second-order valence-electron chi connectivity index (χ2n) is 9.87. The number of aliphatic hydroxyl groups is 8. The number of rotatable bonds is 10. The average molecular weight is 601 g/mol. The summed E-state index contributed by atoms with van der Waals surface area (Å²) in [4.78, 5) is 36.1. The number of carboxylic acid groups (broad SMARTS) is 1. The van der Waals surface area contributed by atoms with Crippen LogP contribution >= 0.6 is 0 Å². The molecule has 0 bridgehead atoms. The van der Waals surface area contributed by atoms with Crippen molar-refractivity contribution in [3.8, 4) is 0 Å². The first kappa shape index (κ1) is 33.4. The smallest absolute Gasteiger partial charge is 0.335 e. The summed E-state index contributed by atoms with van der Waals surface area (Å²) in [7, 11) is 0. The van der Waals surface area contributed by atoms with E-state index in [0.717, 1.165) is 13.8 Å². The molecule has 14 atom stereocenters. The molecule has 0 aromatic carbocycles. The molecule has 0 aromatic rings. The lowest BCUT2D eigenvalue weighted by molar-refractivity contribution is -0.363. The van der Waals surface area contributed by atoms with Crippen molar-refractivity contribution in [1.82, 2.24) is 10.6 Å². The molecule has 236 valence electrons. The number of carbonyl (C=O) groups excluding carboxylic acids is 2. The van der Waals surface area contributed by atoms with Gasteiger partial charge in [0.25, 0.3) is 0 Å². The molecule has 3 aliphatic rings. The molecule has 0 aromatic heterocycles. The molecular formula is C22H36N2O17. The summed E-state index contributed by atoms with van der Waals surface area (Å²) in [5, 5.41) is 96.2. The topological polar surface area (TPSA) is 303 Å². The van der Waals surface area contributed by atoms with E-state index in [1.165, 1.54) is 0 Å². The second kappa shape index (κ2) is 13.5. The van der Waals surface area contributed by atoms with Crippen molar-refractivity contribution in [2.75, 3.05) is 19.8 Å². The maximum atomic E-state index is 12.2. The van der Waals surface area contributed by atoms with Gasteiger partial charge in [-0.15, -0.1) is 0 Å². The van der Waals surface area contributed by atoms with E-state index in [1.54, 1.807) is 0 Å². The normalized spacial score (nSPS) is 44.8. The summed E-state index contributed by atoms with van der Waals surface area (Å²) in [6.45, 7) is -0.810. The van der Waals surface area contributed by atoms with E-state index < -0.39 is 123 Å². The van der Waals surface area contributed by atoms with Crippen LogP contribution in [0.3, 0.4) is 0 Å². The predicted octanol–water partition coefficient (Wildman–Crippen LogP) is -7.19. The van der Waals surface area contributed by atoms with Gasteiger partial charge in [-0.25, -0.2) is 4.79 Å². The van der Waals surface area contributed by atoms with Gasteiger partial charge in [-0.05, 0) is 0 Å². The highest BCUT2D eigenvalue weighted by Gasteiger charge is 2.61. The lowest BCUT2D eigenvalue weighted by atomic mass is 9.93. The number of carboxylic acids is 1.